The zero-order valence-corrected chi connectivity index (χ0v) is 15.9. The highest BCUT2D eigenvalue weighted by Crippen LogP contribution is 2.44. The summed E-state index contributed by atoms with van der Waals surface area (Å²) in [6.45, 7) is 11.8. The zero-order valence-electron chi connectivity index (χ0n) is 15.9. The molecule has 1 unspecified atom stereocenters. The molecular formula is C20H32N2O2. The molecule has 0 fully saturated rings. The molecule has 134 valence electrons. The summed E-state index contributed by atoms with van der Waals surface area (Å²) in [6, 6.07) is 2.36. The average Bonchev–Trinajstić information content (AvgIpc) is 2.85. The smallest absolute Gasteiger partial charge is 0.127 e. The Balaban J connectivity index is 2.02. The molecule has 0 saturated carbocycles. The average molecular weight is 332 g/mol. The summed E-state index contributed by atoms with van der Waals surface area (Å²) in [5.74, 6) is 1.11. The Hall–Kier alpha value is -1.10. The molecule has 0 radical (unpaired) electrons. The largest absolute Gasteiger partial charge is 0.487 e. The molecule has 0 aromatic heterocycles. The van der Waals surface area contributed by atoms with Gasteiger partial charge in [0.1, 0.15) is 11.4 Å². The van der Waals surface area contributed by atoms with Gasteiger partial charge in [-0.15, -0.1) is 0 Å². The van der Waals surface area contributed by atoms with Gasteiger partial charge in [-0.3, -0.25) is 4.90 Å². The van der Waals surface area contributed by atoms with E-state index in [1.807, 2.05) is 6.92 Å². The summed E-state index contributed by atoms with van der Waals surface area (Å²) in [7, 11) is 2.19. The summed E-state index contributed by atoms with van der Waals surface area (Å²) < 4.78 is 11.9. The topological polar surface area (TPSA) is 47.7 Å². The number of rotatable bonds is 5. The molecule has 1 aromatic rings. The van der Waals surface area contributed by atoms with Gasteiger partial charge in [-0.05, 0) is 64.3 Å². The molecule has 4 heteroatoms. The Labute approximate surface area is 146 Å². The van der Waals surface area contributed by atoms with Crippen LogP contribution in [0.4, 0.5) is 0 Å². The van der Waals surface area contributed by atoms with Gasteiger partial charge in [0.15, 0.2) is 0 Å². The molecule has 3 rings (SSSR count). The van der Waals surface area contributed by atoms with Crippen LogP contribution in [0.15, 0.2) is 6.07 Å². The van der Waals surface area contributed by atoms with Crippen molar-refractivity contribution in [1.29, 1.82) is 0 Å². The SMILES string of the molecule is CCOCCc1cc2c(c3c1OC(C)(C)C3)CN(C)C(C)(CN)C2. The van der Waals surface area contributed by atoms with Crippen molar-refractivity contribution in [1.82, 2.24) is 4.90 Å². The van der Waals surface area contributed by atoms with Gasteiger partial charge in [-0.2, -0.15) is 0 Å². The molecule has 0 amide bonds. The Morgan fingerprint density at radius 2 is 2.00 bits per heavy atom. The molecule has 2 aliphatic rings. The summed E-state index contributed by atoms with van der Waals surface area (Å²) in [5.41, 5.74) is 11.6. The van der Waals surface area contributed by atoms with Gasteiger partial charge in [0, 0.05) is 37.2 Å². The zero-order chi connectivity index (χ0) is 17.5. The summed E-state index contributed by atoms with van der Waals surface area (Å²) in [6.07, 6.45) is 2.90. The lowest BCUT2D eigenvalue weighted by molar-refractivity contribution is 0.121. The Morgan fingerprint density at radius 1 is 1.25 bits per heavy atom. The summed E-state index contributed by atoms with van der Waals surface area (Å²) >= 11 is 0. The minimum Gasteiger partial charge on any atom is -0.487 e. The van der Waals surface area contributed by atoms with E-state index in [1.165, 1.54) is 22.3 Å². The van der Waals surface area contributed by atoms with Gasteiger partial charge in [0.2, 0.25) is 0 Å². The Kier molecular flexibility index (Phi) is 4.67. The third kappa shape index (κ3) is 3.07. The van der Waals surface area contributed by atoms with E-state index in [-0.39, 0.29) is 11.1 Å². The van der Waals surface area contributed by atoms with E-state index in [0.29, 0.717) is 6.54 Å². The predicted octanol–water partition coefficient (Wildman–Crippen LogP) is 2.68. The van der Waals surface area contributed by atoms with Gasteiger partial charge < -0.3 is 15.2 Å². The molecule has 0 spiro atoms. The normalized spacial score (nSPS) is 25.2. The molecule has 2 heterocycles. The Bertz CT molecular complexity index is 627. The standard InChI is InChI=1S/C20H32N2O2/c1-6-23-8-7-14-9-15-10-20(4,13-21)22(5)12-17(15)16-11-19(2,3)24-18(14)16/h9H,6-8,10-13,21H2,1-5H3. The van der Waals surface area contributed by atoms with Crippen LogP contribution in [0.1, 0.15) is 49.9 Å². The van der Waals surface area contributed by atoms with Crippen molar-refractivity contribution in [3.05, 3.63) is 28.3 Å². The van der Waals surface area contributed by atoms with Crippen molar-refractivity contribution < 1.29 is 9.47 Å². The van der Waals surface area contributed by atoms with Crippen LogP contribution in [0.2, 0.25) is 0 Å². The van der Waals surface area contributed by atoms with Gasteiger partial charge in [-0.1, -0.05) is 6.07 Å². The van der Waals surface area contributed by atoms with Crippen LogP contribution in [0.25, 0.3) is 0 Å². The quantitative estimate of drug-likeness (QED) is 0.842. The molecule has 0 bridgehead atoms. The molecule has 2 aliphatic heterocycles. The van der Waals surface area contributed by atoms with Crippen LogP contribution in [0.3, 0.4) is 0 Å². The van der Waals surface area contributed by atoms with Gasteiger partial charge in [0.05, 0.1) is 6.61 Å². The van der Waals surface area contributed by atoms with Crippen molar-refractivity contribution in [2.45, 2.75) is 64.6 Å². The lowest BCUT2D eigenvalue weighted by Crippen LogP contribution is -2.53. The van der Waals surface area contributed by atoms with Crippen LogP contribution in [0, 0.1) is 0 Å². The van der Waals surface area contributed by atoms with Crippen LogP contribution in [0.5, 0.6) is 5.75 Å². The van der Waals surface area contributed by atoms with Gasteiger partial charge in [0.25, 0.3) is 0 Å². The Morgan fingerprint density at radius 3 is 2.67 bits per heavy atom. The number of likely N-dealkylation sites (N-methyl/N-ethyl adjacent to an activating group) is 1. The highest BCUT2D eigenvalue weighted by atomic mass is 16.5. The minimum atomic E-state index is -0.120. The number of ether oxygens (including phenoxy) is 2. The van der Waals surface area contributed by atoms with E-state index in [0.717, 1.165) is 44.8 Å². The van der Waals surface area contributed by atoms with Crippen molar-refractivity contribution >= 4 is 0 Å². The first-order valence-electron chi connectivity index (χ1n) is 9.14. The van der Waals surface area contributed by atoms with Crippen LogP contribution >= 0.6 is 0 Å². The first-order chi connectivity index (χ1) is 11.3. The van der Waals surface area contributed by atoms with Crippen molar-refractivity contribution in [3.8, 4) is 5.75 Å². The van der Waals surface area contributed by atoms with Crippen LogP contribution in [-0.4, -0.2) is 42.8 Å². The van der Waals surface area contributed by atoms with E-state index in [9.17, 15) is 0 Å². The summed E-state index contributed by atoms with van der Waals surface area (Å²) in [5, 5.41) is 0. The number of hydrogen-bond donors (Lipinski definition) is 1. The lowest BCUT2D eigenvalue weighted by atomic mass is 9.80. The lowest BCUT2D eigenvalue weighted by Gasteiger charge is -2.43. The molecule has 1 aromatic carbocycles. The molecule has 0 aliphatic carbocycles. The number of nitrogens with zero attached hydrogens (tertiary/aromatic N) is 1. The fourth-order valence-corrected chi connectivity index (χ4v) is 4.01. The molecule has 1 atom stereocenters. The van der Waals surface area contributed by atoms with Crippen molar-refractivity contribution in [3.63, 3.8) is 0 Å². The molecule has 4 nitrogen and oxygen atoms in total. The first-order valence-corrected chi connectivity index (χ1v) is 9.14. The third-order valence-corrected chi connectivity index (χ3v) is 5.69. The predicted molar refractivity (Wildman–Crippen MR) is 97.7 cm³/mol. The number of nitrogens with two attached hydrogens (primary N) is 1. The maximum atomic E-state index is 6.34. The van der Waals surface area contributed by atoms with Crippen molar-refractivity contribution in [2.75, 3.05) is 26.8 Å². The molecule has 2 N–H and O–H groups in total. The maximum absolute atomic E-state index is 6.34. The molecular weight excluding hydrogens is 300 g/mol. The monoisotopic (exact) mass is 332 g/mol. The minimum absolute atomic E-state index is 0.0351. The fourth-order valence-electron chi connectivity index (χ4n) is 4.01. The maximum Gasteiger partial charge on any atom is 0.127 e. The molecule has 24 heavy (non-hydrogen) atoms. The second kappa shape index (κ2) is 6.32. The first kappa shape index (κ1) is 17.7. The number of fused-ring (bicyclic) bond motifs is 3. The van der Waals surface area contributed by atoms with E-state index in [4.69, 9.17) is 15.2 Å². The van der Waals surface area contributed by atoms with E-state index < -0.39 is 0 Å². The van der Waals surface area contributed by atoms with E-state index in [2.05, 4.69) is 38.8 Å². The number of hydrogen-bond acceptors (Lipinski definition) is 4. The number of benzene rings is 1. The van der Waals surface area contributed by atoms with Crippen LogP contribution < -0.4 is 10.5 Å². The second-order valence-corrected chi connectivity index (χ2v) is 8.20. The van der Waals surface area contributed by atoms with E-state index in [1.54, 1.807) is 0 Å². The molecule has 0 saturated heterocycles. The van der Waals surface area contributed by atoms with E-state index >= 15 is 0 Å². The van der Waals surface area contributed by atoms with Gasteiger partial charge >= 0.3 is 0 Å². The van der Waals surface area contributed by atoms with Crippen LogP contribution in [-0.2, 0) is 30.5 Å². The van der Waals surface area contributed by atoms with Crippen molar-refractivity contribution in [2.24, 2.45) is 5.73 Å². The second-order valence-electron chi connectivity index (χ2n) is 8.20. The highest BCUT2D eigenvalue weighted by molar-refractivity contribution is 5.55. The van der Waals surface area contributed by atoms with Gasteiger partial charge in [-0.25, -0.2) is 0 Å². The highest BCUT2D eigenvalue weighted by Gasteiger charge is 2.40. The summed E-state index contributed by atoms with van der Waals surface area (Å²) in [4.78, 5) is 2.40. The third-order valence-electron chi connectivity index (χ3n) is 5.69. The fraction of sp³-hybridized carbons (Fsp3) is 0.700.